The number of halogens is 1. The first kappa shape index (κ1) is 13.1. The molecular weight excluding hydrogens is 233 g/mol. The number of sulfone groups is 1. The summed E-state index contributed by atoms with van der Waals surface area (Å²) in [5, 5.41) is 17.2. The van der Waals surface area contributed by atoms with Crippen LogP contribution < -0.4 is 0 Å². The van der Waals surface area contributed by atoms with Crippen LogP contribution in [0.5, 0.6) is 5.75 Å². The van der Waals surface area contributed by atoms with Crippen molar-refractivity contribution in [3.05, 3.63) is 23.5 Å². The van der Waals surface area contributed by atoms with Crippen molar-refractivity contribution in [1.29, 1.82) is 0 Å². The highest BCUT2D eigenvalue weighted by Gasteiger charge is 2.29. The zero-order valence-electron chi connectivity index (χ0n) is 9.15. The Morgan fingerprint density at radius 1 is 1.38 bits per heavy atom. The Morgan fingerprint density at radius 2 is 1.88 bits per heavy atom. The molecule has 0 fully saturated rings. The molecule has 2 N–H and O–H groups in total. The summed E-state index contributed by atoms with van der Waals surface area (Å²) in [6.07, 6.45) is 0.885. The van der Waals surface area contributed by atoms with Crippen LogP contribution in [-0.4, -0.2) is 40.6 Å². The van der Waals surface area contributed by atoms with E-state index in [-0.39, 0.29) is 5.56 Å². The third-order valence-electron chi connectivity index (χ3n) is 2.05. The molecule has 1 aromatic rings. The lowest BCUT2D eigenvalue weighted by Gasteiger charge is -2.22. The zero-order chi connectivity index (χ0) is 12.7. The van der Waals surface area contributed by atoms with Crippen LogP contribution in [0.25, 0.3) is 0 Å². The minimum Gasteiger partial charge on any atom is -0.508 e. The Hall–Kier alpha value is -1.01. The highest BCUT2D eigenvalue weighted by molar-refractivity contribution is 7.90. The molecule has 0 aliphatic carbocycles. The fraction of sp³-hybridized carbons (Fsp3) is 0.250. The van der Waals surface area contributed by atoms with E-state index in [2.05, 4.69) is 0 Å². The van der Waals surface area contributed by atoms with Gasteiger partial charge >= 0.3 is 0 Å². The third-order valence-corrected chi connectivity index (χ3v) is 3.17. The summed E-state index contributed by atoms with van der Waals surface area (Å²) in [6, 6.07) is 1.69. The predicted molar refractivity (Wildman–Crippen MR) is 62.2 cm³/mol. The molecule has 86 valence electrons. The number of phenols is 1. The van der Waals surface area contributed by atoms with E-state index < -0.39 is 31.7 Å². The molecule has 0 aliphatic rings. The molecule has 0 unspecified atom stereocenters. The zero-order valence-corrected chi connectivity index (χ0v) is 9.97. The molecule has 1 aromatic carbocycles. The first-order valence-electron chi connectivity index (χ1n) is 4.49. The van der Waals surface area contributed by atoms with E-state index in [1.807, 2.05) is 0 Å². The molecular formula is C8H11B2FO4S. The van der Waals surface area contributed by atoms with Gasteiger partial charge in [-0.2, -0.15) is 0 Å². The van der Waals surface area contributed by atoms with Crippen LogP contribution in [0.1, 0.15) is 5.56 Å². The fourth-order valence-electron chi connectivity index (χ4n) is 1.45. The molecule has 0 saturated heterocycles. The SMILES string of the molecule is BC(B)(O)c1c(F)cc(O)cc1S(C)(=O)=O. The fourth-order valence-corrected chi connectivity index (χ4v) is 2.51. The smallest absolute Gasteiger partial charge is 0.176 e. The van der Waals surface area contributed by atoms with Gasteiger partial charge in [0.25, 0.3) is 0 Å². The maximum absolute atomic E-state index is 13.6. The highest BCUT2D eigenvalue weighted by Crippen LogP contribution is 2.30. The number of aliphatic hydroxyl groups is 1. The molecule has 1 rings (SSSR count). The van der Waals surface area contributed by atoms with Crippen LogP contribution in [0.15, 0.2) is 17.0 Å². The number of phenolic OH excluding ortho intramolecular Hbond substituents is 1. The van der Waals surface area contributed by atoms with E-state index in [0.717, 1.165) is 18.4 Å². The number of rotatable bonds is 2. The molecule has 8 heteroatoms. The van der Waals surface area contributed by atoms with Crippen molar-refractivity contribution in [2.24, 2.45) is 0 Å². The monoisotopic (exact) mass is 244 g/mol. The maximum atomic E-state index is 13.6. The lowest BCUT2D eigenvalue weighted by molar-refractivity contribution is 0.207. The normalized spacial score (nSPS) is 12.7. The molecule has 16 heavy (non-hydrogen) atoms. The topological polar surface area (TPSA) is 74.6 Å². The second-order valence-corrected chi connectivity index (χ2v) is 6.12. The van der Waals surface area contributed by atoms with E-state index in [1.165, 1.54) is 15.7 Å². The van der Waals surface area contributed by atoms with Gasteiger partial charge in [0.15, 0.2) is 9.84 Å². The minimum atomic E-state index is -3.72. The summed E-state index contributed by atoms with van der Waals surface area (Å²) in [4.78, 5) is -0.405. The summed E-state index contributed by atoms with van der Waals surface area (Å²) in [5.41, 5.74) is -0.340. The Balaban J connectivity index is 3.72. The summed E-state index contributed by atoms with van der Waals surface area (Å²) in [7, 11) is -1.17. The highest BCUT2D eigenvalue weighted by atomic mass is 32.2. The second kappa shape index (κ2) is 3.78. The van der Waals surface area contributed by atoms with Crippen LogP contribution in [0.2, 0.25) is 0 Å². The average molecular weight is 244 g/mol. The standard InChI is InChI=1S/C8H11B2FO4S/c1-16(14,15)6-3-4(12)2-5(11)7(6)8(9,10)13/h2-3,12-13H,9-10H2,1H3. The Morgan fingerprint density at radius 3 is 2.25 bits per heavy atom. The molecule has 0 spiro atoms. The molecule has 0 bridgehead atoms. The van der Waals surface area contributed by atoms with Gasteiger partial charge in [-0.15, -0.1) is 0 Å². The Labute approximate surface area is 94.8 Å². The predicted octanol–water partition coefficient (Wildman–Crippen LogP) is -1.70. The lowest BCUT2D eigenvalue weighted by Crippen LogP contribution is -2.29. The Kier molecular flexibility index (Phi) is 3.08. The molecule has 0 saturated carbocycles. The molecule has 0 aromatic heterocycles. The third kappa shape index (κ3) is 2.56. The summed E-state index contributed by atoms with van der Waals surface area (Å²) < 4.78 is 36.4. The van der Waals surface area contributed by atoms with Crippen molar-refractivity contribution in [3.8, 4) is 5.75 Å². The van der Waals surface area contributed by atoms with E-state index in [4.69, 9.17) is 5.11 Å². The van der Waals surface area contributed by atoms with Gasteiger partial charge in [0.2, 0.25) is 0 Å². The summed E-state index contributed by atoms with van der Waals surface area (Å²) >= 11 is 0. The number of benzene rings is 1. The first-order chi connectivity index (χ1) is 7.03. The van der Waals surface area contributed by atoms with Crippen molar-refractivity contribution in [2.45, 2.75) is 10.3 Å². The maximum Gasteiger partial charge on any atom is 0.176 e. The molecule has 0 aliphatic heterocycles. The van der Waals surface area contributed by atoms with Crippen molar-refractivity contribution in [2.75, 3.05) is 6.26 Å². The van der Waals surface area contributed by atoms with Gasteiger partial charge in [-0.25, -0.2) is 12.8 Å². The molecule has 0 radical (unpaired) electrons. The largest absolute Gasteiger partial charge is 0.508 e. The average Bonchev–Trinajstić information content (AvgIpc) is 1.97. The molecule has 0 amide bonds. The van der Waals surface area contributed by atoms with Gasteiger partial charge in [-0.3, -0.25) is 0 Å². The van der Waals surface area contributed by atoms with Crippen molar-refractivity contribution in [3.63, 3.8) is 0 Å². The second-order valence-electron chi connectivity index (χ2n) is 4.13. The van der Waals surface area contributed by atoms with Gasteiger partial charge < -0.3 is 10.2 Å². The number of hydrogen-bond acceptors (Lipinski definition) is 4. The number of aromatic hydroxyl groups is 1. The van der Waals surface area contributed by atoms with Crippen molar-refractivity contribution in [1.82, 2.24) is 0 Å². The van der Waals surface area contributed by atoms with Gasteiger partial charge in [-0.05, 0) is 6.07 Å². The van der Waals surface area contributed by atoms with Gasteiger partial charge in [0, 0.05) is 23.3 Å². The van der Waals surface area contributed by atoms with Gasteiger partial charge in [0.1, 0.15) is 27.3 Å². The summed E-state index contributed by atoms with van der Waals surface area (Å²) in [6.45, 7) is 0. The van der Waals surface area contributed by atoms with E-state index in [0.29, 0.717) is 0 Å². The van der Waals surface area contributed by atoms with E-state index in [9.17, 15) is 17.9 Å². The van der Waals surface area contributed by atoms with Gasteiger partial charge in [0.05, 0.1) is 4.90 Å². The van der Waals surface area contributed by atoms with Crippen LogP contribution in [0.3, 0.4) is 0 Å². The van der Waals surface area contributed by atoms with Crippen LogP contribution >= 0.6 is 0 Å². The minimum absolute atomic E-state index is 0.340. The Bertz CT molecular complexity index is 522. The van der Waals surface area contributed by atoms with Gasteiger partial charge in [-0.1, -0.05) is 0 Å². The van der Waals surface area contributed by atoms with E-state index in [1.54, 1.807) is 0 Å². The summed E-state index contributed by atoms with van der Waals surface area (Å²) in [5.74, 6) is -1.45. The molecule has 0 atom stereocenters. The van der Waals surface area contributed by atoms with Crippen LogP contribution in [0.4, 0.5) is 4.39 Å². The first-order valence-corrected chi connectivity index (χ1v) is 6.38. The van der Waals surface area contributed by atoms with Crippen molar-refractivity contribution < 1.29 is 23.0 Å². The quantitative estimate of drug-likeness (QED) is 0.608. The van der Waals surface area contributed by atoms with Crippen LogP contribution in [0, 0.1) is 5.82 Å². The number of hydrogen-bond donors (Lipinski definition) is 2. The van der Waals surface area contributed by atoms with Crippen LogP contribution in [-0.2, 0) is 15.2 Å². The lowest BCUT2D eigenvalue weighted by atomic mass is 9.61. The van der Waals surface area contributed by atoms with Crippen molar-refractivity contribution >= 4 is 25.5 Å². The van der Waals surface area contributed by atoms with E-state index >= 15 is 0 Å². The molecule has 0 heterocycles. The molecule has 4 nitrogen and oxygen atoms in total.